The van der Waals surface area contributed by atoms with Gasteiger partial charge in [0.1, 0.15) is 5.75 Å². The summed E-state index contributed by atoms with van der Waals surface area (Å²) in [7, 11) is 0. The molecule has 0 aliphatic rings. The van der Waals surface area contributed by atoms with Crippen molar-refractivity contribution in [1.82, 2.24) is 0 Å². The van der Waals surface area contributed by atoms with Gasteiger partial charge in [0.2, 0.25) is 0 Å². The highest BCUT2D eigenvalue weighted by Crippen LogP contribution is 2.33. The van der Waals surface area contributed by atoms with Crippen LogP contribution in [-0.2, 0) is 5.75 Å². The van der Waals surface area contributed by atoms with Crippen molar-refractivity contribution in [1.29, 1.82) is 0 Å². The first-order valence-electron chi connectivity index (χ1n) is 5.76. The number of phenolic OH excluding ortho intramolecular Hbond substituents is 1. The molecule has 0 aliphatic carbocycles. The SMILES string of the molecule is NNc1ccc([N+](=O)[O-])cc1CSc1ccccc1O. The number of hydrogen-bond acceptors (Lipinski definition) is 6. The van der Waals surface area contributed by atoms with Gasteiger partial charge < -0.3 is 10.5 Å². The van der Waals surface area contributed by atoms with Crippen LogP contribution >= 0.6 is 11.8 Å². The zero-order valence-corrected chi connectivity index (χ0v) is 11.3. The summed E-state index contributed by atoms with van der Waals surface area (Å²) in [5, 5.41) is 20.5. The van der Waals surface area contributed by atoms with Crippen molar-refractivity contribution >= 4 is 23.1 Å². The Bertz CT molecular complexity index is 634. The van der Waals surface area contributed by atoms with Crippen LogP contribution in [0.1, 0.15) is 5.56 Å². The van der Waals surface area contributed by atoms with E-state index in [9.17, 15) is 15.2 Å². The number of para-hydroxylation sites is 1. The highest BCUT2D eigenvalue weighted by atomic mass is 32.2. The van der Waals surface area contributed by atoms with E-state index in [0.29, 0.717) is 21.9 Å². The first kappa shape index (κ1) is 14.2. The monoisotopic (exact) mass is 291 g/mol. The van der Waals surface area contributed by atoms with Gasteiger partial charge in [0.05, 0.1) is 10.6 Å². The van der Waals surface area contributed by atoms with Gasteiger partial charge in [-0.25, -0.2) is 0 Å². The average Bonchev–Trinajstić information content (AvgIpc) is 2.46. The molecule has 4 N–H and O–H groups in total. The fourth-order valence-corrected chi connectivity index (χ4v) is 2.63. The maximum atomic E-state index is 10.8. The Hall–Kier alpha value is -2.25. The van der Waals surface area contributed by atoms with E-state index in [1.807, 2.05) is 6.07 Å². The molecule has 104 valence electrons. The van der Waals surface area contributed by atoms with Gasteiger partial charge >= 0.3 is 0 Å². The van der Waals surface area contributed by atoms with Gasteiger partial charge in [0.15, 0.2) is 0 Å². The molecule has 0 atom stereocenters. The van der Waals surface area contributed by atoms with Crippen molar-refractivity contribution < 1.29 is 10.0 Å². The number of nitrogens with one attached hydrogen (secondary N) is 1. The number of rotatable bonds is 5. The van der Waals surface area contributed by atoms with E-state index in [1.54, 1.807) is 24.3 Å². The third-order valence-corrected chi connectivity index (χ3v) is 3.82. The van der Waals surface area contributed by atoms with Gasteiger partial charge in [-0.3, -0.25) is 16.0 Å². The van der Waals surface area contributed by atoms with E-state index in [2.05, 4.69) is 5.43 Å². The Morgan fingerprint density at radius 2 is 2.05 bits per heavy atom. The lowest BCUT2D eigenvalue weighted by atomic mass is 10.2. The molecule has 0 spiro atoms. The Labute approximate surface area is 119 Å². The van der Waals surface area contributed by atoms with Gasteiger partial charge in [0, 0.05) is 22.8 Å². The highest BCUT2D eigenvalue weighted by molar-refractivity contribution is 7.98. The van der Waals surface area contributed by atoms with Crippen LogP contribution in [-0.4, -0.2) is 10.0 Å². The number of nitrogens with two attached hydrogens (primary N) is 1. The summed E-state index contributed by atoms with van der Waals surface area (Å²) in [4.78, 5) is 11.0. The number of hydrogen-bond donors (Lipinski definition) is 3. The summed E-state index contributed by atoms with van der Waals surface area (Å²) in [5.41, 5.74) is 3.85. The molecule has 0 saturated heterocycles. The molecule has 0 aliphatic heterocycles. The number of hydrazine groups is 1. The molecule has 0 radical (unpaired) electrons. The van der Waals surface area contributed by atoms with E-state index in [1.165, 1.54) is 23.9 Å². The molecule has 2 aromatic carbocycles. The number of benzene rings is 2. The number of thioether (sulfide) groups is 1. The molecule has 6 nitrogen and oxygen atoms in total. The third kappa shape index (κ3) is 3.19. The molecule has 2 rings (SSSR count). The van der Waals surface area contributed by atoms with E-state index >= 15 is 0 Å². The summed E-state index contributed by atoms with van der Waals surface area (Å²) < 4.78 is 0. The number of non-ortho nitro benzene ring substituents is 1. The summed E-state index contributed by atoms with van der Waals surface area (Å²) in [6, 6.07) is 11.4. The van der Waals surface area contributed by atoms with E-state index in [-0.39, 0.29) is 11.4 Å². The number of nitrogens with zero attached hydrogens (tertiary/aromatic N) is 1. The van der Waals surface area contributed by atoms with E-state index in [0.717, 1.165) is 0 Å². The maximum Gasteiger partial charge on any atom is 0.269 e. The third-order valence-electron chi connectivity index (χ3n) is 2.70. The maximum absolute atomic E-state index is 10.8. The topological polar surface area (TPSA) is 101 Å². The van der Waals surface area contributed by atoms with Gasteiger partial charge in [-0.05, 0) is 23.8 Å². The highest BCUT2D eigenvalue weighted by Gasteiger charge is 2.11. The summed E-state index contributed by atoms with van der Waals surface area (Å²) in [6.45, 7) is 0. The first-order chi connectivity index (χ1) is 9.61. The molecule has 0 fully saturated rings. The van der Waals surface area contributed by atoms with Crippen LogP contribution in [0.5, 0.6) is 5.75 Å². The number of nitro groups is 1. The molecule has 0 bridgehead atoms. The minimum atomic E-state index is -0.450. The average molecular weight is 291 g/mol. The predicted molar refractivity (Wildman–Crippen MR) is 78.6 cm³/mol. The molecule has 2 aromatic rings. The second-order valence-electron chi connectivity index (χ2n) is 4.00. The number of phenols is 1. The van der Waals surface area contributed by atoms with Crippen LogP contribution < -0.4 is 11.3 Å². The number of aromatic hydroxyl groups is 1. The van der Waals surface area contributed by atoms with Gasteiger partial charge in [-0.2, -0.15) is 0 Å². The van der Waals surface area contributed by atoms with E-state index in [4.69, 9.17) is 5.84 Å². The minimum Gasteiger partial charge on any atom is -0.507 e. The standard InChI is InChI=1S/C13H13N3O3S/c14-15-11-6-5-10(16(18)19)7-9(11)8-20-13-4-2-1-3-12(13)17/h1-7,15,17H,8,14H2. The molecule has 7 heteroatoms. The number of nitrogen functional groups attached to an aromatic ring is 1. The molecular formula is C13H13N3O3S. The normalized spacial score (nSPS) is 10.2. The Morgan fingerprint density at radius 1 is 1.30 bits per heavy atom. The Balaban J connectivity index is 2.22. The van der Waals surface area contributed by atoms with Crippen LogP contribution in [0, 0.1) is 10.1 Å². The number of anilines is 1. The Morgan fingerprint density at radius 3 is 2.70 bits per heavy atom. The zero-order chi connectivity index (χ0) is 14.5. The van der Waals surface area contributed by atoms with Crippen molar-refractivity contribution in [3.63, 3.8) is 0 Å². The largest absolute Gasteiger partial charge is 0.507 e. The molecule has 20 heavy (non-hydrogen) atoms. The van der Waals surface area contributed by atoms with Gasteiger partial charge in [-0.15, -0.1) is 11.8 Å². The molecule has 0 saturated carbocycles. The molecule has 0 unspecified atom stereocenters. The molecular weight excluding hydrogens is 278 g/mol. The second-order valence-corrected chi connectivity index (χ2v) is 5.02. The smallest absolute Gasteiger partial charge is 0.269 e. The van der Waals surface area contributed by atoms with Gasteiger partial charge in [-0.1, -0.05) is 12.1 Å². The van der Waals surface area contributed by atoms with E-state index < -0.39 is 4.92 Å². The van der Waals surface area contributed by atoms with Crippen molar-refractivity contribution in [3.05, 3.63) is 58.1 Å². The first-order valence-corrected chi connectivity index (χ1v) is 6.75. The predicted octanol–water partition coefficient (Wildman–Crippen LogP) is 2.88. The summed E-state index contributed by atoms with van der Waals surface area (Å²) in [5.74, 6) is 6.04. The van der Waals surface area contributed by atoms with Crippen molar-refractivity contribution in [2.75, 3.05) is 5.43 Å². The molecule has 0 heterocycles. The van der Waals surface area contributed by atoms with Crippen molar-refractivity contribution in [3.8, 4) is 5.75 Å². The Kier molecular flexibility index (Phi) is 4.44. The molecule has 0 aromatic heterocycles. The van der Waals surface area contributed by atoms with Crippen molar-refractivity contribution in [2.45, 2.75) is 10.6 Å². The van der Waals surface area contributed by atoms with Crippen LogP contribution in [0.3, 0.4) is 0 Å². The zero-order valence-electron chi connectivity index (χ0n) is 10.4. The fourth-order valence-electron chi connectivity index (χ4n) is 1.69. The fraction of sp³-hybridized carbons (Fsp3) is 0.0769. The quantitative estimate of drug-likeness (QED) is 0.339. The van der Waals surface area contributed by atoms with Crippen LogP contribution in [0.15, 0.2) is 47.4 Å². The summed E-state index contributed by atoms with van der Waals surface area (Å²) in [6.07, 6.45) is 0. The number of nitro benzene ring substituents is 1. The minimum absolute atomic E-state index is 0.0110. The summed E-state index contributed by atoms with van der Waals surface area (Å²) >= 11 is 1.38. The van der Waals surface area contributed by atoms with Crippen molar-refractivity contribution in [2.24, 2.45) is 5.84 Å². The lowest BCUT2D eigenvalue weighted by molar-refractivity contribution is -0.384. The van der Waals surface area contributed by atoms with Gasteiger partial charge in [0.25, 0.3) is 5.69 Å². The van der Waals surface area contributed by atoms with Crippen LogP contribution in [0.2, 0.25) is 0 Å². The lowest BCUT2D eigenvalue weighted by Gasteiger charge is -2.09. The van der Waals surface area contributed by atoms with Crippen LogP contribution in [0.4, 0.5) is 11.4 Å². The molecule has 0 amide bonds. The second kappa shape index (κ2) is 6.27. The van der Waals surface area contributed by atoms with Crippen LogP contribution in [0.25, 0.3) is 0 Å². The lowest BCUT2D eigenvalue weighted by Crippen LogP contribution is -2.09.